The van der Waals surface area contributed by atoms with E-state index in [9.17, 15) is 19.9 Å². The molecule has 0 bridgehead atoms. The van der Waals surface area contributed by atoms with Crippen molar-refractivity contribution in [2.75, 3.05) is 12.3 Å². The monoisotopic (exact) mass is 331 g/mol. The highest BCUT2D eigenvalue weighted by molar-refractivity contribution is 5.92. The number of ether oxygens (including phenoxy) is 1. The summed E-state index contributed by atoms with van der Waals surface area (Å²) in [5.74, 6) is -1.59. The molecule has 2 aromatic rings. The molecule has 0 amide bonds. The predicted molar refractivity (Wildman–Crippen MR) is 80.6 cm³/mol. The van der Waals surface area contributed by atoms with Gasteiger partial charge in [-0.05, 0) is 0 Å². The maximum Gasteiger partial charge on any atom is 0.240 e. The number of hydrogen-bond acceptors (Lipinski definition) is 7. The van der Waals surface area contributed by atoms with Crippen LogP contribution in [0.25, 0.3) is 11.0 Å². The first-order valence-corrected chi connectivity index (χ1v) is 7.01. The smallest absolute Gasteiger partial charge is 0.240 e. The van der Waals surface area contributed by atoms with Crippen molar-refractivity contribution in [3.05, 3.63) is 18.1 Å². The van der Waals surface area contributed by atoms with Gasteiger partial charge in [-0.2, -0.15) is 5.26 Å². The van der Waals surface area contributed by atoms with Crippen LogP contribution in [0.2, 0.25) is 0 Å². The Hall–Kier alpha value is -2.72. The number of nitrogens with two attached hydrogens (primary N) is 1. The molecule has 0 aliphatic carbocycles. The SMILES string of the molecule is C#C[C@]1(O)[C@H](n2cc(C#N)c3c(N)ncnc32)O[C@](F)(CO)[C@H]1C. The zero-order valence-corrected chi connectivity index (χ0v) is 12.6. The first-order valence-electron chi connectivity index (χ1n) is 7.01. The number of rotatable bonds is 2. The second-order valence-corrected chi connectivity index (χ2v) is 5.63. The molecule has 8 nitrogen and oxygen atoms in total. The van der Waals surface area contributed by atoms with Crippen molar-refractivity contribution in [3.8, 4) is 18.4 Å². The summed E-state index contributed by atoms with van der Waals surface area (Å²) in [5.41, 5.74) is 3.99. The molecule has 1 fully saturated rings. The molecule has 0 spiro atoms. The minimum absolute atomic E-state index is 0.0549. The third-order valence-corrected chi connectivity index (χ3v) is 4.45. The Labute approximate surface area is 136 Å². The highest BCUT2D eigenvalue weighted by Gasteiger charge is 2.62. The van der Waals surface area contributed by atoms with Crippen molar-refractivity contribution in [3.63, 3.8) is 0 Å². The lowest BCUT2D eigenvalue weighted by atomic mass is 9.86. The lowest BCUT2D eigenvalue weighted by Gasteiger charge is -2.27. The minimum Gasteiger partial charge on any atom is -0.390 e. The van der Waals surface area contributed by atoms with Crippen molar-refractivity contribution in [1.29, 1.82) is 5.26 Å². The maximum atomic E-state index is 14.8. The Morgan fingerprint density at radius 1 is 1.58 bits per heavy atom. The Bertz CT molecular complexity index is 901. The zero-order chi connectivity index (χ0) is 17.7. The quantitative estimate of drug-likeness (QED) is 0.664. The van der Waals surface area contributed by atoms with E-state index in [4.69, 9.17) is 16.9 Å². The molecule has 9 heteroatoms. The predicted octanol–water partition coefficient (Wildman–Crippen LogP) is 0.0725. The van der Waals surface area contributed by atoms with E-state index in [1.54, 1.807) is 0 Å². The molecule has 0 saturated carbocycles. The number of nitriles is 1. The van der Waals surface area contributed by atoms with E-state index in [-0.39, 0.29) is 22.4 Å². The molecule has 124 valence electrons. The number of aromatic nitrogens is 3. The molecule has 2 aromatic heterocycles. The first-order chi connectivity index (χ1) is 11.3. The summed E-state index contributed by atoms with van der Waals surface area (Å²) >= 11 is 0. The third kappa shape index (κ3) is 1.90. The van der Waals surface area contributed by atoms with E-state index >= 15 is 0 Å². The van der Waals surface area contributed by atoms with Gasteiger partial charge in [0.1, 0.15) is 30.5 Å². The van der Waals surface area contributed by atoms with Crippen LogP contribution in [0.5, 0.6) is 0 Å². The molecule has 3 rings (SSSR count). The fourth-order valence-electron chi connectivity index (χ4n) is 2.93. The molecule has 4 N–H and O–H groups in total. The number of alkyl halides is 1. The van der Waals surface area contributed by atoms with Gasteiger partial charge in [-0.25, -0.2) is 14.4 Å². The highest BCUT2D eigenvalue weighted by Crippen LogP contribution is 2.50. The van der Waals surface area contributed by atoms with E-state index in [0.29, 0.717) is 0 Å². The van der Waals surface area contributed by atoms with Crippen LogP contribution in [0.3, 0.4) is 0 Å². The number of aliphatic hydroxyl groups excluding tert-OH is 1. The number of fused-ring (bicyclic) bond motifs is 1. The van der Waals surface area contributed by atoms with Gasteiger partial charge in [0.2, 0.25) is 5.85 Å². The van der Waals surface area contributed by atoms with Gasteiger partial charge in [-0.3, -0.25) is 0 Å². The number of hydrogen-bond donors (Lipinski definition) is 3. The third-order valence-electron chi connectivity index (χ3n) is 4.45. The van der Waals surface area contributed by atoms with Crippen LogP contribution in [-0.4, -0.2) is 42.8 Å². The molecule has 0 aromatic carbocycles. The molecule has 4 atom stereocenters. The average Bonchev–Trinajstić information content (AvgIpc) is 3.06. The molecular formula is C15H14FN5O3. The summed E-state index contributed by atoms with van der Waals surface area (Å²) in [4.78, 5) is 7.85. The molecule has 24 heavy (non-hydrogen) atoms. The first kappa shape index (κ1) is 16.1. The number of nitrogens with zero attached hydrogens (tertiary/aromatic N) is 4. The fraction of sp³-hybridized carbons (Fsp3) is 0.400. The minimum atomic E-state index is -2.55. The number of aliphatic hydroxyl groups is 2. The molecule has 1 saturated heterocycles. The summed E-state index contributed by atoms with van der Waals surface area (Å²) in [7, 11) is 0. The van der Waals surface area contributed by atoms with Crippen LogP contribution in [0.1, 0.15) is 18.7 Å². The number of nitrogen functional groups attached to an aromatic ring is 1. The van der Waals surface area contributed by atoms with E-state index in [0.717, 1.165) is 6.33 Å². The van der Waals surface area contributed by atoms with Gasteiger partial charge in [0.15, 0.2) is 11.8 Å². The number of anilines is 1. The Kier molecular flexibility index (Phi) is 3.46. The summed E-state index contributed by atoms with van der Waals surface area (Å²) in [6, 6.07) is 1.93. The Morgan fingerprint density at radius 2 is 2.29 bits per heavy atom. The molecular weight excluding hydrogens is 317 g/mol. The topological polar surface area (TPSA) is 130 Å². The van der Waals surface area contributed by atoms with Crippen LogP contribution >= 0.6 is 0 Å². The van der Waals surface area contributed by atoms with Gasteiger partial charge in [0.25, 0.3) is 0 Å². The molecule has 1 aliphatic heterocycles. The van der Waals surface area contributed by atoms with Crippen LogP contribution in [0, 0.1) is 29.6 Å². The molecule has 0 unspecified atom stereocenters. The summed E-state index contributed by atoms with van der Waals surface area (Å²) in [6.45, 7) is 0.340. The van der Waals surface area contributed by atoms with Gasteiger partial charge in [-0.15, -0.1) is 6.42 Å². The van der Waals surface area contributed by atoms with Gasteiger partial charge in [-0.1, -0.05) is 12.8 Å². The molecule has 3 heterocycles. The Balaban J connectivity index is 2.27. The standard InChI is InChI=1S/C15H14FN5O3/c1-3-14(23)8(2)15(16,6-22)24-13(14)21-5-9(4-17)10-11(18)19-7-20-12(10)21/h1,5,7-8,13,22-23H,6H2,2H3,(H2,18,19,20)/t8-,13+,14+,15+/m0/s1. The van der Waals surface area contributed by atoms with Crippen LogP contribution in [0.15, 0.2) is 12.5 Å². The van der Waals surface area contributed by atoms with Crippen LogP contribution < -0.4 is 5.73 Å². The second-order valence-electron chi connectivity index (χ2n) is 5.63. The van der Waals surface area contributed by atoms with Crippen LogP contribution in [0.4, 0.5) is 10.2 Å². The van der Waals surface area contributed by atoms with Gasteiger partial charge in [0.05, 0.1) is 16.9 Å². The number of terminal acetylenes is 1. The molecule has 0 radical (unpaired) electrons. The Morgan fingerprint density at radius 3 is 2.88 bits per heavy atom. The van der Waals surface area contributed by atoms with E-state index < -0.39 is 30.2 Å². The van der Waals surface area contributed by atoms with E-state index in [1.807, 2.05) is 6.07 Å². The molecule has 1 aliphatic rings. The van der Waals surface area contributed by atoms with Crippen LogP contribution in [-0.2, 0) is 4.74 Å². The summed E-state index contributed by atoms with van der Waals surface area (Å²) < 4.78 is 21.2. The second kappa shape index (κ2) is 5.14. The van der Waals surface area contributed by atoms with Crippen molar-refractivity contribution in [2.24, 2.45) is 5.92 Å². The number of halogens is 1. The van der Waals surface area contributed by atoms with Crippen molar-refractivity contribution < 1.29 is 19.3 Å². The van der Waals surface area contributed by atoms with Crippen molar-refractivity contribution in [1.82, 2.24) is 14.5 Å². The van der Waals surface area contributed by atoms with Crippen molar-refractivity contribution in [2.45, 2.75) is 24.6 Å². The summed E-state index contributed by atoms with van der Waals surface area (Å²) in [5, 5.41) is 29.6. The highest BCUT2D eigenvalue weighted by atomic mass is 19.2. The van der Waals surface area contributed by atoms with Gasteiger partial charge in [0, 0.05) is 6.20 Å². The maximum absolute atomic E-state index is 14.8. The largest absolute Gasteiger partial charge is 0.390 e. The van der Waals surface area contributed by atoms with Gasteiger partial charge < -0.3 is 25.3 Å². The normalized spacial score (nSPS) is 32.6. The van der Waals surface area contributed by atoms with E-state index in [1.165, 1.54) is 17.7 Å². The summed E-state index contributed by atoms with van der Waals surface area (Å²) in [6.07, 6.45) is 6.47. The lowest BCUT2D eigenvalue weighted by molar-refractivity contribution is -0.192. The zero-order valence-electron chi connectivity index (χ0n) is 12.6. The van der Waals surface area contributed by atoms with Gasteiger partial charge >= 0.3 is 0 Å². The average molecular weight is 331 g/mol. The van der Waals surface area contributed by atoms with E-state index in [2.05, 4.69) is 15.9 Å². The lowest BCUT2D eigenvalue weighted by Crippen LogP contribution is -2.43. The fourth-order valence-corrected chi connectivity index (χ4v) is 2.93. The van der Waals surface area contributed by atoms with Crippen molar-refractivity contribution >= 4 is 16.9 Å².